The molecule has 0 rings (SSSR count). The van der Waals surface area contributed by atoms with Gasteiger partial charge in [-0.05, 0) is 141 Å². The molecule has 0 spiro atoms. The summed E-state index contributed by atoms with van der Waals surface area (Å²) in [5.74, 6) is -1.55. The second kappa shape index (κ2) is 64.1. The van der Waals surface area contributed by atoms with Crippen LogP contribution in [0.1, 0.15) is 239 Å². The number of aliphatic hydroxyl groups excluding tert-OH is 1. The number of phosphoric acid groups is 1. The first-order chi connectivity index (χ1) is 41.2. The molecule has 0 fully saturated rings. The monoisotopic (exact) mass is 1190 g/mol. The molecule has 0 aliphatic heterocycles. The summed E-state index contributed by atoms with van der Waals surface area (Å²) in [6, 6.07) is 0. The predicted octanol–water partition coefficient (Wildman–Crippen LogP) is 20.0. The lowest BCUT2D eigenvalue weighted by Gasteiger charge is -2.21. The fraction of sp³-hybridized carbons (Fsp3) is 0.597. The first kappa shape index (κ1) is 79.1. The van der Waals surface area contributed by atoms with Crippen LogP contribution in [0.15, 0.2) is 158 Å². The van der Waals surface area contributed by atoms with Gasteiger partial charge in [0, 0.05) is 19.3 Å². The van der Waals surface area contributed by atoms with Crippen LogP contribution in [0.2, 0.25) is 0 Å². The maximum absolute atomic E-state index is 13.0. The highest BCUT2D eigenvalue weighted by atomic mass is 31.2. The van der Waals surface area contributed by atoms with Crippen LogP contribution >= 0.6 is 7.82 Å². The molecule has 0 aliphatic carbocycles. The summed E-state index contributed by atoms with van der Waals surface area (Å²) in [5, 5.41) is 9.87. The number of hydrogen-bond donors (Lipinski definition) is 2. The van der Waals surface area contributed by atoms with Crippen molar-refractivity contribution in [2.75, 3.05) is 26.4 Å². The van der Waals surface area contributed by atoms with Crippen molar-refractivity contribution < 1.29 is 52.2 Å². The van der Waals surface area contributed by atoms with E-state index >= 15 is 0 Å². The van der Waals surface area contributed by atoms with Crippen molar-refractivity contribution in [3.05, 3.63) is 158 Å². The van der Waals surface area contributed by atoms with E-state index in [1.807, 2.05) is 0 Å². The molecule has 0 aliphatic rings. The lowest BCUT2D eigenvalue weighted by atomic mass is 10.1. The average Bonchev–Trinajstić information content (AvgIpc) is 3.53. The van der Waals surface area contributed by atoms with Crippen LogP contribution < -0.4 is 0 Å². The third-order valence-electron chi connectivity index (χ3n) is 12.9. The van der Waals surface area contributed by atoms with Gasteiger partial charge in [0.05, 0.1) is 19.8 Å². The second-order valence-electron chi connectivity index (χ2n) is 20.8. The fourth-order valence-electron chi connectivity index (χ4n) is 8.13. The van der Waals surface area contributed by atoms with Crippen molar-refractivity contribution in [3.63, 3.8) is 0 Å². The van der Waals surface area contributed by atoms with Gasteiger partial charge in [0.25, 0.3) is 0 Å². The highest BCUT2D eigenvalue weighted by Gasteiger charge is 2.28. The van der Waals surface area contributed by atoms with Gasteiger partial charge in [0.1, 0.15) is 12.7 Å². The minimum atomic E-state index is -4.79. The van der Waals surface area contributed by atoms with Crippen LogP contribution in [0.25, 0.3) is 0 Å². The maximum Gasteiger partial charge on any atom is 0.472 e. The number of carbonyl (C=O) groups is 3. The zero-order valence-corrected chi connectivity index (χ0v) is 53.4. The second-order valence-corrected chi connectivity index (χ2v) is 22.2. The quantitative estimate of drug-likeness (QED) is 0.0197. The molecule has 0 saturated heterocycles. The molecule has 0 amide bonds. The smallest absolute Gasteiger partial charge is 0.462 e. The Labute approximate surface area is 511 Å². The molecule has 0 heterocycles. The molecular formula is C72H115O11P. The van der Waals surface area contributed by atoms with E-state index in [2.05, 4.69) is 179 Å². The molecule has 0 aromatic heterocycles. The van der Waals surface area contributed by atoms with Gasteiger partial charge in [-0.15, -0.1) is 0 Å². The van der Waals surface area contributed by atoms with Crippen molar-refractivity contribution in [2.45, 2.75) is 251 Å². The van der Waals surface area contributed by atoms with Crippen molar-refractivity contribution in [1.82, 2.24) is 0 Å². The molecule has 3 unspecified atom stereocenters. The van der Waals surface area contributed by atoms with Crippen LogP contribution in [0.3, 0.4) is 0 Å². The first-order valence-electron chi connectivity index (χ1n) is 32.4. The average molecular weight is 1190 g/mol. The molecule has 3 atom stereocenters. The Morgan fingerprint density at radius 2 is 0.583 bits per heavy atom. The van der Waals surface area contributed by atoms with Crippen molar-refractivity contribution in [1.29, 1.82) is 0 Å². The van der Waals surface area contributed by atoms with E-state index in [1.54, 1.807) is 0 Å². The summed E-state index contributed by atoms with van der Waals surface area (Å²) in [4.78, 5) is 48.8. The van der Waals surface area contributed by atoms with E-state index < -0.39 is 57.8 Å². The molecule has 0 bridgehead atoms. The minimum Gasteiger partial charge on any atom is -0.462 e. The molecule has 84 heavy (non-hydrogen) atoms. The van der Waals surface area contributed by atoms with E-state index in [-0.39, 0.29) is 25.9 Å². The van der Waals surface area contributed by atoms with Crippen molar-refractivity contribution in [3.8, 4) is 0 Å². The number of esters is 3. The highest BCUT2D eigenvalue weighted by molar-refractivity contribution is 7.47. The first-order valence-corrected chi connectivity index (χ1v) is 33.9. The highest BCUT2D eigenvalue weighted by Crippen LogP contribution is 2.43. The Morgan fingerprint density at radius 3 is 0.905 bits per heavy atom. The summed E-state index contributed by atoms with van der Waals surface area (Å²) in [6.07, 6.45) is 84.7. The van der Waals surface area contributed by atoms with Gasteiger partial charge in [0.15, 0.2) is 6.10 Å². The molecule has 474 valence electrons. The van der Waals surface area contributed by atoms with Gasteiger partial charge < -0.3 is 24.2 Å². The fourth-order valence-corrected chi connectivity index (χ4v) is 8.91. The maximum atomic E-state index is 13.0. The number of phosphoric ester groups is 1. The molecule has 0 aromatic rings. The van der Waals surface area contributed by atoms with Crippen LogP contribution in [0.5, 0.6) is 0 Å². The van der Waals surface area contributed by atoms with Crippen LogP contribution in [0, 0.1) is 0 Å². The van der Waals surface area contributed by atoms with Gasteiger partial charge in [-0.3, -0.25) is 23.4 Å². The van der Waals surface area contributed by atoms with Crippen LogP contribution in [-0.2, 0) is 42.2 Å². The summed E-state index contributed by atoms with van der Waals surface area (Å²) in [7, 11) is -4.79. The Kier molecular flexibility index (Phi) is 60.4. The molecular weight excluding hydrogens is 1070 g/mol. The lowest BCUT2D eigenvalue weighted by molar-refractivity contribution is -0.161. The number of rotatable bonds is 58. The zero-order chi connectivity index (χ0) is 61.2. The molecule has 2 N–H and O–H groups in total. The minimum absolute atomic E-state index is 0.115. The molecule has 0 saturated carbocycles. The lowest BCUT2D eigenvalue weighted by Crippen LogP contribution is -2.30. The Balaban J connectivity index is 4.82. The molecule has 0 radical (unpaired) electrons. The molecule has 0 aromatic carbocycles. The van der Waals surface area contributed by atoms with Gasteiger partial charge in [-0.2, -0.15) is 0 Å². The molecule has 12 heteroatoms. The van der Waals surface area contributed by atoms with Crippen LogP contribution in [0.4, 0.5) is 0 Å². The summed E-state index contributed by atoms with van der Waals surface area (Å²) >= 11 is 0. The largest absolute Gasteiger partial charge is 0.472 e. The van der Waals surface area contributed by atoms with E-state index in [0.29, 0.717) is 19.3 Å². The Morgan fingerprint density at radius 1 is 0.333 bits per heavy atom. The number of unbranched alkanes of at least 4 members (excludes halogenated alkanes) is 15. The predicted molar refractivity (Wildman–Crippen MR) is 352 cm³/mol. The molecule has 11 nitrogen and oxygen atoms in total. The van der Waals surface area contributed by atoms with E-state index in [0.717, 1.165) is 180 Å². The van der Waals surface area contributed by atoms with Gasteiger partial charge in [0.2, 0.25) is 0 Å². The summed E-state index contributed by atoms with van der Waals surface area (Å²) < 4.78 is 39.7. The SMILES string of the molecule is CC/C=C\C/C=C\C/C=C\C/C=C\C/C=C\CCCCCC(=O)OC(COC(=O)CCCCCCCC/C=C\C/C=C\C/C=C\C/C=C\CC)COP(=O)(O)OCC(CO)OC(=O)CCCCCCCC/C=C\C/C=C\C/C=C\C/C=C\CC. The van der Waals surface area contributed by atoms with Crippen molar-refractivity contribution >= 4 is 25.7 Å². The van der Waals surface area contributed by atoms with Crippen molar-refractivity contribution in [2.24, 2.45) is 0 Å². The number of carbonyl (C=O) groups excluding carboxylic acids is 3. The van der Waals surface area contributed by atoms with E-state index in [9.17, 15) is 28.9 Å². The summed E-state index contributed by atoms with van der Waals surface area (Å²) in [5.41, 5.74) is 0. The van der Waals surface area contributed by atoms with Gasteiger partial charge in [-0.1, -0.05) is 237 Å². The van der Waals surface area contributed by atoms with E-state index in [4.69, 9.17) is 23.3 Å². The standard InChI is InChI=1S/C72H115O11P/c1-4-7-10-13-16-19-22-25-28-31-34-37-40-43-46-49-52-55-58-61-70(74)79-65-69(83-72(76)63-60-57-54-51-48-45-42-39-36-33-30-27-24-21-18-15-12-9-6-3)67-81-84(77,78)80-66-68(64-73)82-71(75)62-59-56-53-50-47-44-41-38-35-32-29-26-23-20-17-14-11-8-5-2/h7-12,16-21,25-30,34-39,45,48,68-69,73H,4-6,13-15,22-24,31-33,40-44,46-47,49-67H2,1-3H3,(H,77,78)/b10-7-,11-8-,12-9-,19-16-,20-17-,21-18-,28-25-,29-26-,30-27-,37-34-,38-35-,39-36-,48-45-. The summed E-state index contributed by atoms with van der Waals surface area (Å²) in [6.45, 7) is 4.23. The number of allylic oxidation sites excluding steroid dienone is 26. The normalized spacial score (nSPS) is 14.3. The van der Waals surface area contributed by atoms with E-state index in [1.165, 1.54) is 0 Å². The Bertz CT molecular complexity index is 2020. The number of hydrogen-bond acceptors (Lipinski definition) is 10. The number of ether oxygens (including phenoxy) is 3. The Hall–Kier alpha value is -4.90. The third kappa shape index (κ3) is 61.7. The topological polar surface area (TPSA) is 155 Å². The van der Waals surface area contributed by atoms with Crippen LogP contribution in [-0.4, -0.2) is 66.5 Å². The van der Waals surface area contributed by atoms with Gasteiger partial charge in [-0.25, -0.2) is 4.57 Å². The third-order valence-corrected chi connectivity index (χ3v) is 13.9. The zero-order valence-electron chi connectivity index (χ0n) is 52.6. The van der Waals surface area contributed by atoms with Gasteiger partial charge >= 0.3 is 25.7 Å². The number of aliphatic hydroxyl groups is 1.